The van der Waals surface area contributed by atoms with E-state index in [9.17, 15) is 5.11 Å². The van der Waals surface area contributed by atoms with Crippen molar-refractivity contribution in [1.29, 1.82) is 0 Å². The van der Waals surface area contributed by atoms with E-state index in [4.69, 9.17) is 16.3 Å². The molecule has 3 heteroatoms. The fourth-order valence-electron chi connectivity index (χ4n) is 1.59. The van der Waals surface area contributed by atoms with Crippen molar-refractivity contribution in [2.24, 2.45) is 0 Å². The van der Waals surface area contributed by atoms with E-state index in [2.05, 4.69) is 6.92 Å². The van der Waals surface area contributed by atoms with E-state index in [1.165, 1.54) is 0 Å². The van der Waals surface area contributed by atoms with Crippen molar-refractivity contribution in [2.45, 2.75) is 33.1 Å². The molecule has 0 heterocycles. The molecule has 0 saturated carbocycles. The van der Waals surface area contributed by atoms with Crippen LogP contribution in [-0.2, 0) is 6.42 Å². The molecule has 0 amide bonds. The lowest BCUT2D eigenvalue weighted by Gasteiger charge is -2.13. The maximum atomic E-state index is 9.82. The van der Waals surface area contributed by atoms with Crippen molar-refractivity contribution < 1.29 is 9.84 Å². The first-order chi connectivity index (χ1) is 7.11. The molecule has 0 unspecified atom stereocenters. The predicted molar refractivity (Wildman–Crippen MR) is 63.0 cm³/mol. The summed E-state index contributed by atoms with van der Waals surface area (Å²) in [5, 5.41) is 10.4. The quantitative estimate of drug-likeness (QED) is 0.852. The smallest absolute Gasteiger partial charge is 0.144 e. The third kappa shape index (κ3) is 2.57. The Morgan fingerprint density at radius 2 is 2.13 bits per heavy atom. The van der Waals surface area contributed by atoms with Gasteiger partial charge in [0.2, 0.25) is 0 Å². The van der Waals surface area contributed by atoms with Crippen LogP contribution in [0.3, 0.4) is 0 Å². The minimum atomic E-state index is 0.280. The molecule has 0 aromatic heterocycles. The molecule has 2 nitrogen and oxygen atoms in total. The average Bonchev–Trinajstić information content (AvgIpc) is 2.21. The van der Waals surface area contributed by atoms with Gasteiger partial charge in [-0.3, -0.25) is 0 Å². The van der Waals surface area contributed by atoms with Crippen LogP contribution < -0.4 is 4.74 Å². The number of phenolic OH excluding ortho intramolecular Hbond substituents is 1. The first-order valence-electron chi connectivity index (χ1n) is 5.16. The Kier molecular flexibility index (Phi) is 4.28. The number of aromatic hydroxyl groups is 1. The molecule has 0 aliphatic rings. The van der Waals surface area contributed by atoms with Crippen LogP contribution in [0.2, 0.25) is 5.02 Å². The van der Waals surface area contributed by atoms with Gasteiger partial charge >= 0.3 is 0 Å². The third-order valence-electron chi connectivity index (χ3n) is 2.47. The van der Waals surface area contributed by atoms with Gasteiger partial charge < -0.3 is 9.84 Å². The van der Waals surface area contributed by atoms with E-state index in [1.54, 1.807) is 13.2 Å². The zero-order valence-corrected chi connectivity index (χ0v) is 10.2. The van der Waals surface area contributed by atoms with E-state index >= 15 is 0 Å². The second-order valence-corrected chi connectivity index (χ2v) is 4.02. The highest BCUT2D eigenvalue weighted by atomic mass is 35.5. The van der Waals surface area contributed by atoms with Crippen molar-refractivity contribution in [1.82, 2.24) is 0 Å². The van der Waals surface area contributed by atoms with Gasteiger partial charge in [0.05, 0.1) is 12.1 Å². The SMILES string of the molecule is CCCCc1c(O)cc(C)c(Cl)c1OC. The first-order valence-corrected chi connectivity index (χ1v) is 5.54. The van der Waals surface area contributed by atoms with Crippen LogP contribution in [0.25, 0.3) is 0 Å². The molecular formula is C12H17ClO2. The van der Waals surface area contributed by atoms with Crippen molar-refractivity contribution in [2.75, 3.05) is 7.11 Å². The Morgan fingerprint density at radius 3 is 2.67 bits per heavy atom. The molecule has 0 fully saturated rings. The Morgan fingerprint density at radius 1 is 1.47 bits per heavy atom. The van der Waals surface area contributed by atoms with Crippen LogP contribution in [0.15, 0.2) is 6.07 Å². The molecular weight excluding hydrogens is 212 g/mol. The predicted octanol–water partition coefficient (Wildman–Crippen LogP) is 3.71. The Labute approximate surface area is 95.8 Å². The summed E-state index contributed by atoms with van der Waals surface area (Å²) >= 11 is 6.11. The molecule has 84 valence electrons. The normalized spacial score (nSPS) is 10.4. The van der Waals surface area contributed by atoms with Crippen molar-refractivity contribution in [3.8, 4) is 11.5 Å². The summed E-state index contributed by atoms with van der Waals surface area (Å²) in [6.07, 6.45) is 2.89. The Hall–Kier alpha value is -0.890. The minimum absolute atomic E-state index is 0.280. The highest BCUT2D eigenvalue weighted by Crippen LogP contribution is 2.38. The fraction of sp³-hybridized carbons (Fsp3) is 0.500. The van der Waals surface area contributed by atoms with Crippen molar-refractivity contribution in [3.63, 3.8) is 0 Å². The number of hydrogen-bond acceptors (Lipinski definition) is 2. The van der Waals surface area contributed by atoms with Gasteiger partial charge in [-0.15, -0.1) is 0 Å². The van der Waals surface area contributed by atoms with E-state index in [1.807, 2.05) is 6.92 Å². The van der Waals surface area contributed by atoms with Crippen molar-refractivity contribution in [3.05, 3.63) is 22.2 Å². The molecule has 0 radical (unpaired) electrons. The molecule has 1 aromatic rings. The molecule has 1 aromatic carbocycles. The molecule has 0 aliphatic carbocycles. The van der Waals surface area contributed by atoms with Crippen molar-refractivity contribution >= 4 is 11.6 Å². The summed E-state index contributed by atoms with van der Waals surface area (Å²) in [4.78, 5) is 0. The lowest BCUT2D eigenvalue weighted by Crippen LogP contribution is -1.96. The third-order valence-corrected chi connectivity index (χ3v) is 2.94. The summed E-state index contributed by atoms with van der Waals surface area (Å²) in [5.74, 6) is 0.893. The lowest BCUT2D eigenvalue weighted by atomic mass is 10.0. The van der Waals surface area contributed by atoms with Gasteiger partial charge in [-0.2, -0.15) is 0 Å². The second-order valence-electron chi connectivity index (χ2n) is 3.64. The van der Waals surface area contributed by atoms with E-state index in [0.29, 0.717) is 10.8 Å². The lowest BCUT2D eigenvalue weighted by molar-refractivity contribution is 0.398. The summed E-state index contributed by atoms with van der Waals surface area (Å²) < 4.78 is 5.24. The van der Waals surface area contributed by atoms with Crippen LogP contribution in [0.1, 0.15) is 30.9 Å². The zero-order valence-electron chi connectivity index (χ0n) is 9.43. The number of halogens is 1. The van der Waals surface area contributed by atoms with E-state index in [0.717, 1.165) is 30.4 Å². The zero-order chi connectivity index (χ0) is 11.4. The monoisotopic (exact) mass is 228 g/mol. The second kappa shape index (κ2) is 5.26. The number of unbranched alkanes of at least 4 members (excludes halogenated alkanes) is 1. The highest BCUT2D eigenvalue weighted by molar-refractivity contribution is 6.33. The fourth-order valence-corrected chi connectivity index (χ4v) is 1.84. The number of benzene rings is 1. The summed E-state index contributed by atoms with van der Waals surface area (Å²) in [5.41, 5.74) is 1.65. The van der Waals surface area contributed by atoms with Gasteiger partial charge in [0.1, 0.15) is 11.5 Å². The van der Waals surface area contributed by atoms with E-state index in [-0.39, 0.29) is 5.75 Å². The van der Waals surface area contributed by atoms with Gasteiger partial charge in [-0.05, 0) is 31.4 Å². The number of hydrogen-bond donors (Lipinski definition) is 1. The first kappa shape index (κ1) is 12.2. The number of ether oxygens (including phenoxy) is 1. The molecule has 0 aliphatic heterocycles. The van der Waals surface area contributed by atoms with Crippen LogP contribution in [0.5, 0.6) is 11.5 Å². The molecule has 0 spiro atoms. The molecule has 0 saturated heterocycles. The highest BCUT2D eigenvalue weighted by Gasteiger charge is 2.14. The van der Waals surface area contributed by atoms with Gasteiger partial charge in [0.15, 0.2) is 0 Å². The Balaban J connectivity index is 3.16. The van der Waals surface area contributed by atoms with Gasteiger partial charge in [-0.1, -0.05) is 24.9 Å². The molecule has 1 rings (SSSR count). The summed E-state index contributed by atoms with van der Waals surface area (Å²) in [6.45, 7) is 3.97. The van der Waals surface area contributed by atoms with E-state index < -0.39 is 0 Å². The van der Waals surface area contributed by atoms with Crippen LogP contribution in [-0.4, -0.2) is 12.2 Å². The molecule has 0 bridgehead atoms. The Bertz CT molecular complexity index is 348. The van der Waals surface area contributed by atoms with Crippen LogP contribution >= 0.6 is 11.6 Å². The topological polar surface area (TPSA) is 29.5 Å². The van der Waals surface area contributed by atoms with Gasteiger partial charge in [0, 0.05) is 5.56 Å². The van der Waals surface area contributed by atoms with Gasteiger partial charge in [0.25, 0.3) is 0 Å². The maximum Gasteiger partial charge on any atom is 0.144 e. The van der Waals surface area contributed by atoms with Crippen LogP contribution in [0, 0.1) is 6.92 Å². The molecule has 1 N–H and O–H groups in total. The number of rotatable bonds is 4. The largest absolute Gasteiger partial charge is 0.508 e. The standard InChI is InChI=1S/C12H17ClO2/c1-4-5-6-9-10(14)7-8(2)11(13)12(9)15-3/h7,14H,4-6H2,1-3H3. The van der Waals surface area contributed by atoms with Gasteiger partial charge in [-0.25, -0.2) is 0 Å². The summed E-state index contributed by atoms with van der Waals surface area (Å²) in [6, 6.07) is 1.69. The maximum absolute atomic E-state index is 9.82. The van der Waals surface area contributed by atoms with Crippen LogP contribution in [0.4, 0.5) is 0 Å². The number of aryl methyl sites for hydroxylation is 1. The molecule has 15 heavy (non-hydrogen) atoms. The average molecular weight is 229 g/mol. The number of phenols is 1. The number of methoxy groups -OCH3 is 1. The minimum Gasteiger partial charge on any atom is -0.508 e. The molecule has 0 atom stereocenters. The summed E-state index contributed by atoms with van der Waals surface area (Å²) in [7, 11) is 1.58.